The van der Waals surface area contributed by atoms with E-state index in [2.05, 4.69) is 20.8 Å². The average molecular weight is 431 g/mol. The number of methoxy groups -OCH3 is 2. The molecule has 3 aromatic rings. The summed E-state index contributed by atoms with van der Waals surface area (Å²) in [6.45, 7) is 0. The number of carbonyl (C=O) groups is 2. The maximum atomic E-state index is 12.2. The fourth-order valence-electron chi connectivity index (χ4n) is 2.28. The van der Waals surface area contributed by atoms with Gasteiger partial charge in [-0.15, -0.1) is 21.5 Å². The summed E-state index contributed by atoms with van der Waals surface area (Å²) in [7, 11) is 3.08. The summed E-state index contributed by atoms with van der Waals surface area (Å²) in [5.41, 5.74) is 0.552. The quantitative estimate of drug-likeness (QED) is 0.527. The molecule has 0 radical (unpaired) electrons. The Morgan fingerprint density at radius 2 is 1.93 bits per heavy atom. The van der Waals surface area contributed by atoms with Gasteiger partial charge in [0.25, 0.3) is 5.91 Å². The van der Waals surface area contributed by atoms with Crippen LogP contribution in [0, 0.1) is 0 Å². The molecule has 1 aromatic carbocycles. The fraction of sp³-hybridized carbons (Fsp3) is 0.158. The normalized spacial score (nSPS) is 10.3. The van der Waals surface area contributed by atoms with Gasteiger partial charge in [0, 0.05) is 6.07 Å². The maximum absolute atomic E-state index is 12.2. The first-order valence-corrected chi connectivity index (χ1v) is 10.3. The van der Waals surface area contributed by atoms with E-state index < -0.39 is 0 Å². The van der Waals surface area contributed by atoms with Crippen LogP contribution in [0.3, 0.4) is 0 Å². The molecule has 0 spiro atoms. The molecule has 0 bridgehead atoms. The van der Waals surface area contributed by atoms with E-state index >= 15 is 0 Å². The smallest absolute Gasteiger partial charge is 0.266 e. The number of anilines is 2. The van der Waals surface area contributed by atoms with Crippen molar-refractivity contribution in [1.29, 1.82) is 0 Å². The van der Waals surface area contributed by atoms with E-state index in [4.69, 9.17) is 9.47 Å². The van der Waals surface area contributed by atoms with Crippen LogP contribution in [0.5, 0.6) is 11.5 Å². The van der Waals surface area contributed by atoms with Crippen LogP contribution in [0.2, 0.25) is 0 Å². The van der Waals surface area contributed by atoms with Gasteiger partial charge < -0.3 is 20.1 Å². The predicted octanol–water partition coefficient (Wildman–Crippen LogP) is 3.54. The number of thiophene rings is 1. The number of hydrogen-bond donors (Lipinski definition) is 2. The largest absolute Gasteiger partial charge is 0.497 e. The van der Waals surface area contributed by atoms with Crippen LogP contribution in [0.4, 0.5) is 11.5 Å². The lowest BCUT2D eigenvalue weighted by atomic mass is 10.2. The van der Waals surface area contributed by atoms with Crippen LogP contribution in [-0.4, -0.2) is 42.0 Å². The molecule has 0 aliphatic rings. The lowest BCUT2D eigenvalue weighted by Crippen LogP contribution is -2.15. The minimum absolute atomic E-state index is 0.144. The van der Waals surface area contributed by atoms with Gasteiger partial charge in [-0.05, 0) is 35.7 Å². The van der Waals surface area contributed by atoms with Gasteiger partial charge in [0.1, 0.15) is 16.5 Å². The lowest BCUT2D eigenvalue weighted by Gasteiger charge is -2.11. The Morgan fingerprint density at radius 1 is 1.07 bits per heavy atom. The van der Waals surface area contributed by atoms with Crippen molar-refractivity contribution in [3.63, 3.8) is 0 Å². The number of thioether (sulfide) groups is 1. The van der Waals surface area contributed by atoms with Crippen LogP contribution >= 0.6 is 23.1 Å². The van der Waals surface area contributed by atoms with Crippen molar-refractivity contribution in [1.82, 2.24) is 10.2 Å². The second-order valence-electron chi connectivity index (χ2n) is 5.59. The summed E-state index contributed by atoms with van der Waals surface area (Å²) in [5, 5.41) is 15.9. The fourth-order valence-corrected chi connectivity index (χ4v) is 3.51. The average Bonchev–Trinajstić information content (AvgIpc) is 3.28. The van der Waals surface area contributed by atoms with Crippen molar-refractivity contribution in [3.05, 3.63) is 52.7 Å². The third-order valence-corrected chi connectivity index (χ3v) is 5.45. The topological polar surface area (TPSA) is 102 Å². The van der Waals surface area contributed by atoms with E-state index in [9.17, 15) is 9.59 Å². The van der Waals surface area contributed by atoms with Gasteiger partial charge in [-0.25, -0.2) is 0 Å². The second kappa shape index (κ2) is 9.89. The van der Waals surface area contributed by atoms with Crippen LogP contribution in [0.25, 0.3) is 0 Å². The second-order valence-corrected chi connectivity index (χ2v) is 7.53. The molecule has 8 nitrogen and oxygen atoms in total. The first-order chi connectivity index (χ1) is 14.1. The van der Waals surface area contributed by atoms with E-state index in [0.29, 0.717) is 32.9 Å². The van der Waals surface area contributed by atoms with E-state index in [1.54, 1.807) is 49.6 Å². The molecule has 0 saturated heterocycles. The molecule has 150 valence electrons. The third kappa shape index (κ3) is 5.69. The highest BCUT2D eigenvalue weighted by Gasteiger charge is 2.11. The first-order valence-electron chi connectivity index (χ1n) is 8.42. The van der Waals surface area contributed by atoms with Crippen LogP contribution in [0.1, 0.15) is 9.67 Å². The summed E-state index contributed by atoms with van der Waals surface area (Å²) >= 11 is 2.58. The molecular formula is C19H18N4O4S2. The minimum atomic E-state index is -0.234. The van der Waals surface area contributed by atoms with Gasteiger partial charge >= 0.3 is 0 Å². The number of rotatable bonds is 8. The van der Waals surface area contributed by atoms with Gasteiger partial charge in [0.15, 0.2) is 5.82 Å². The maximum Gasteiger partial charge on any atom is 0.266 e. The molecule has 10 heteroatoms. The molecule has 0 atom stereocenters. The van der Waals surface area contributed by atoms with E-state index in [0.717, 1.165) is 0 Å². The summed E-state index contributed by atoms with van der Waals surface area (Å²) in [4.78, 5) is 24.8. The van der Waals surface area contributed by atoms with Gasteiger partial charge in [-0.1, -0.05) is 17.8 Å². The van der Waals surface area contributed by atoms with E-state index in [1.165, 1.54) is 30.2 Å². The van der Waals surface area contributed by atoms with Crippen molar-refractivity contribution < 1.29 is 19.1 Å². The number of nitrogens with zero attached hydrogens (tertiary/aromatic N) is 2. The molecular weight excluding hydrogens is 412 g/mol. The molecule has 2 aromatic heterocycles. The zero-order valence-corrected chi connectivity index (χ0v) is 17.3. The molecule has 0 unspecified atom stereocenters. The standard InChI is InChI=1S/C19H18N4O4S2/c1-26-12-5-6-13(14(10-12)27-2)20-17(24)11-29-18-8-7-16(22-23-18)21-19(25)15-4-3-9-28-15/h3-10H,11H2,1-2H3,(H,20,24)(H,21,22,25). The summed E-state index contributed by atoms with van der Waals surface area (Å²) in [6, 6.07) is 12.0. The molecule has 2 amide bonds. The number of carbonyl (C=O) groups excluding carboxylic acids is 2. The van der Waals surface area contributed by atoms with Crippen molar-refractivity contribution in [2.24, 2.45) is 0 Å². The molecule has 3 rings (SSSR count). The summed E-state index contributed by atoms with van der Waals surface area (Å²) in [6.07, 6.45) is 0. The van der Waals surface area contributed by atoms with Crippen molar-refractivity contribution in [3.8, 4) is 11.5 Å². The Kier molecular flexibility index (Phi) is 7.04. The highest BCUT2D eigenvalue weighted by atomic mass is 32.2. The van der Waals surface area contributed by atoms with Gasteiger partial charge in [0.2, 0.25) is 5.91 Å². The van der Waals surface area contributed by atoms with Crippen molar-refractivity contribution >= 4 is 46.4 Å². The Balaban J connectivity index is 1.52. The third-order valence-electron chi connectivity index (χ3n) is 3.66. The molecule has 0 saturated carbocycles. The SMILES string of the molecule is COc1ccc(NC(=O)CSc2ccc(NC(=O)c3cccs3)nn2)c(OC)c1. The van der Waals surface area contributed by atoms with Crippen molar-refractivity contribution in [2.45, 2.75) is 5.03 Å². The monoisotopic (exact) mass is 430 g/mol. The number of hydrogen-bond acceptors (Lipinski definition) is 8. The Labute approximate surface area is 175 Å². The molecule has 2 N–H and O–H groups in total. The Hall–Kier alpha value is -3.11. The summed E-state index contributed by atoms with van der Waals surface area (Å²) in [5.74, 6) is 1.19. The zero-order valence-electron chi connectivity index (χ0n) is 15.7. The number of nitrogens with one attached hydrogen (secondary N) is 2. The lowest BCUT2D eigenvalue weighted by molar-refractivity contribution is -0.113. The summed E-state index contributed by atoms with van der Waals surface area (Å²) < 4.78 is 10.4. The number of amides is 2. The van der Waals surface area contributed by atoms with Gasteiger partial charge in [-0.2, -0.15) is 0 Å². The molecule has 2 heterocycles. The van der Waals surface area contributed by atoms with Crippen LogP contribution < -0.4 is 20.1 Å². The molecule has 0 fully saturated rings. The minimum Gasteiger partial charge on any atom is -0.497 e. The predicted molar refractivity (Wildman–Crippen MR) is 113 cm³/mol. The number of ether oxygens (including phenoxy) is 2. The highest BCUT2D eigenvalue weighted by molar-refractivity contribution is 7.99. The molecule has 0 aliphatic heterocycles. The van der Waals surface area contributed by atoms with E-state index in [-0.39, 0.29) is 17.6 Å². The Morgan fingerprint density at radius 3 is 2.59 bits per heavy atom. The number of aromatic nitrogens is 2. The van der Waals surface area contributed by atoms with Gasteiger partial charge in [-0.3, -0.25) is 9.59 Å². The highest BCUT2D eigenvalue weighted by Crippen LogP contribution is 2.29. The molecule has 0 aliphatic carbocycles. The van der Waals surface area contributed by atoms with E-state index in [1.807, 2.05) is 5.38 Å². The van der Waals surface area contributed by atoms with Crippen molar-refractivity contribution in [2.75, 3.05) is 30.6 Å². The Bertz CT molecular complexity index is 978. The first kappa shape index (κ1) is 20.6. The zero-order chi connectivity index (χ0) is 20.6. The van der Waals surface area contributed by atoms with Gasteiger partial charge in [0.05, 0.1) is 30.5 Å². The molecule has 29 heavy (non-hydrogen) atoms. The van der Waals surface area contributed by atoms with Crippen LogP contribution in [-0.2, 0) is 4.79 Å². The number of benzene rings is 1. The van der Waals surface area contributed by atoms with Crippen LogP contribution in [0.15, 0.2) is 52.9 Å².